The smallest absolute Gasteiger partial charge is 0.416 e. The van der Waals surface area contributed by atoms with E-state index in [4.69, 9.17) is 14.6 Å². The monoisotopic (exact) mass is 543 g/mol. The highest BCUT2D eigenvalue weighted by Gasteiger charge is 2.30. The van der Waals surface area contributed by atoms with Crippen molar-refractivity contribution in [3.8, 4) is 33.8 Å². The van der Waals surface area contributed by atoms with Gasteiger partial charge in [0.25, 0.3) is 0 Å². The van der Waals surface area contributed by atoms with Crippen molar-refractivity contribution in [3.63, 3.8) is 0 Å². The molecule has 1 aromatic heterocycles. The van der Waals surface area contributed by atoms with E-state index in [9.17, 15) is 18.0 Å². The van der Waals surface area contributed by atoms with Crippen molar-refractivity contribution in [1.82, 2.24) is 4.98 Å². The van der Waals surface area contributed by atoms with Crippen LogP contribution in [0.4, 0.5) is 13.2 Å². The maximum absolute atomic E-state index is 13.1. The van der Waals surface area contributed by atoms with Gasteiger partial charge < -0.3 is 14.6 Å². The molecule has 1 N–H and O–H groups in total. The Morgan fingerprint density at radius 3 is 2.25 bits per heavy atom. The number of rotatable bonds is 8. The number of benzene rings is 4. The van der Waals surface area contributed by atoms with Gasteiger partial charge in [0.15, 0.2) is 6.61 Å². The molecule has 5 nitrogen and oxygen atoms in total. The van der Waals surface area contributed by atoms with Crippen LogP contribution in [0, 0.1) is 6.92 Å². The average molecular weight is 544 g/mol. The second kappa shape index (κ2) is 11.1. The lowest BCUT2D eigenvalue weighted by molar-refractivity contribution is -0.139. The number of fused-ring (bicyclic) bond motifs is 1. The van der Waals surface area contributed by atoms with Gasteiger partial charge in [-0.25, -0.2) is 4.79 Å². The standard InChI is InChI=1S/C32H24F3NO4/c1-20-12-28(10-11-30(20)40-19-31(37)38)39-18-21-13-24(22-6-8-27(9-7-22)32(33,34)35)16-25(14-21)26-15-23-4-2-3-5-29(23)36-17-26/h2-17H,18-19H2,1H3,(H,37,38). The summed E-state index contributed by atoms with van der Waals surface area (Å²) in [6, 6.07) is 25.7. The number of pyridine rings is 1. The Morgan fingerprint density at radius 1 is 0.825 bits per heavy atom. The molecule has 0 radical (unpaired) electrons. The van der Waals surface area contributed by atoms with Crippen LogP contribution in [0.5, 0.6) is 11.5 Å². The Labute approximate surface area is 228 Å². The number of ether oxygens (including phenoxy) is 2. The van der Waals surface area contributed by atoms with Gasteiger partial charge in [-0.05, 0) is 95.4 Å². The van der Waals surface area contributed by atoms with Crippen LogP contribution in [0.3, 0.4) is 0 Å². The number of carboxylic acids is 1. The molecule has 5 aromatic rings. The molecule has 0 atom stereocenters. The van der Waals surface area contributed by atoms with Crippen molar-refractivity contribution in [2.45, 2.75) is 19.7 Å². The van der Waals surface area contributed by atoms with Crippen molar-refractivity contribution < 1.29 is 32.5 Å². The molecular formula is C32H24F3NO4. The number of alkyl halides is 3. The fraction of sp³-hybridized carbons (Fsp3) is 0.125. The third-order valence-electron chi connectivity index (χ3n) is 6.37. The van der Waals surface area contributed by atoms with Crippen LogP contribution < -0.4 is 9.47 Å². The van der Waals surface area contributed by atoms with E-state index in [1.165, 1.54) is 12.1 Å². The van der Waals surface area contributed by atoms with Crippen LogP contribution in [-0.2, 0) is 17.6 Å². The summed E-state index contributed by atoms with van der Waals surface area (Å²) >= 11 is 0. The van der Waals surface area contributed by atoms with Gasteiger partial charge >= 0.3 is 12.1 Å². The number of nitrogens with zero attached hydrogens (tertiary/aromatic N) is 1. The van der Waals surface area contributed by atoms with Gasteiger partial charge in [0.2, 0.25) is 0 Å². The molecule has 0 saturated carbocycles. The molecule has 40 heavy (non-hydrogen) atoms. The van der Waals surface area contributed by atoms with Crippen LogP contribution in [0.2, 0.25) is 0 Å². The number of para-hydroxylation sites is 1. The quantitative estimate of drug-likeness (QED) is 0.215. The molecule has 1 heterocycles. The first-order valence-electron chi connectivity index (χ1n) is 12.4. The number of aliphatic carboxylic acids is 1. The summed E-state index contributed by atoms with van der Waals surface area (Å²) in [4.78, 5) is 15.4. The summed E-state index contributed by atoms with van der Waals surface area (Å²) in [5, 5.41) is 9.81. The molecule has 8 heteroatoms. The van der Waals surface area contributed by atoms with Crippen LogP contribution in [0.15, 0.2) is 97.2 Å². The summed E-state index contributed by atoms with van der Waals surface area (Å²) in [5.41, 5.74) is 4.78. The summed E-state index contributed by atoms with van der Waals surface area (Å²) in [6.45, 7) is 1.54. The lowest BCUT2D eigenvalue weighted by Crippen LogP contribution is -2.10. The number of aryl methyl sites for hydroxylation is 1. The van der Waals surface area contributed by atoms with E-state index in [1.807, 2.05) is 48.5 Å². The van der Waals surface area contributed by atoms with Crippen molar-refractivity contribution >= 4 is 16.9 Å². The molecule has 0 bridgehead atoms. The number of carbonyl (C=O) groups is 1. The van der Waals surface area contributed by atoms with E-state index in [2.05, 4.69) is 4.98 Å². The van der Waals surface area contributed by atoms with Gasteiger partial charge in [-0.1, -0.05) is 30.3 Å². The average Bonchev–Trinajstić information content (AvgIpc) is 2.94. The molecule has 0 unspecified atom stereocenters. The van der Waals surface area contributed by atoms with Gasteiger partial charge in [0.05, 0.1) is 11.1 Å². The lowest BCUT2D eigenvalue weighted by Gasteiger charge is -2.14. The summed E-state index contributed by atoms with van der Waals surface area (Å²) in [5.74, 6) is -0.0516. The number of halogens is 3. The first-order chi connectivity index (χ1) is 19.2. The largest absolute Gasteiger partial charge is 0.489 e. The Balaban J connectivity index is 1.47. The Bertz CT molecular complexity index is 1680. The molecule has 0 aliphatic rings. The highest BCUT2D eigenvalue weighted by atomic mass is 19.4. The molecular weight excluding hydrogens is 519 g/mol. The van der Waals surface area contributed by atoms with Crippen LogP contribution in [0.1, 0.15) is 16.7 Å². The number of carboxylic acid groups (broad SMARTS) is 1. The summed E-state index contributed by atoms with van der Waals surface area (Å²) in [6.07, 6.45) is -2.64. The molecule has 0 aliphatic heterocycles. The normalized spacial score (nSPS) is 11.4. The molecule has 0 fully saturated rings. The van der Waals surface area contributed by atoms with Crippen molar-refractivity contribution in [2.24, 2.45) is 0 Å². The van der Waals surface area contributed by atoms with Crippen molar-refractivity contribution in [2.75, 3.05) is 6.61 Å². The second-order valence-corrected chi connectivity index (χ2v) is 9.31. The zero-order valence-electron chi connectivity index (χ0n) is 21.4. The predicted octanol–water partition coefficient (Wildman–Crippen LogP) is 7.94. The maximum Gasteiger partial charge on any atom is 0.416 e. The Morgan fingerprint density at radius 2 is 1.55 bits per heavy atom. The van der Waals surface area contributed by atoms with Crippen molar-refractivity contribution in [1.29, 1.82) is 0 Å². The minimum absolute atomic E-state index is 0.192. The van der Waals surface area contributed by atoms with Gasteiger partial charge in [-0.3, -0.25) is 4.98 Å². The molecule has 0 spiro atoms. The van der Waals surface area contributed by atoms with Gasteiger partial charge in [-0.2, -0.15) is 13.2 Å². The maximum atomic E-state index is 13.1. The second-order valence-electron chi connectivity index (χ2n) is 9.31. The Hall–Kier alpha value is -4.85. The summed E-state index contributed by atoms with van der Waals surface area (Å²) in [7, 11) is 0. The minimum Gasteiger partial charge on any atom is -0.489 e. The zero-order chi connectivity index (χ0) is 28.3. The number of aromatic nitrogens is 1. The third kappa shape index (κ3) is 6.23. The van der Waals surface area contributed by atoms with E-state index in [0.717, 1.165) is 50.9 Å². The molecule has 4 aromatic carbocycles. The van der Waals surface area contributed by atoms with Gasteiger partial charge in [0.1, 0.15) is 18.1 Å². The SMILES string of the molecule is Cc1cc(OCc2cc(-c3ccc(C(F)(F)F)cc3)cc(-c3cnc4ccccc4c3)c2)ccc1OCC(=O)O. The van der Waals surface area contributed by atoms with E-state index in [0.29, 0.717) is 17.1 Å². The zero-order valence-corrected chi connectivity index (χ0v) is 21.4. The third-order valence-corrected chi connectivity index (χ3v) is 6.37. The lowest BCUT2D eigenvalue weighted by atomic mass is 9.96. The highest BCUT2D eigenvalue weighted by molar-refractivity contribution is 5.84. The van der Waals surface area contributed by atoms with E-state index >= 15 is 0 Å². The first kappa shape index (κ1) is 26.7. The predicted molar refractivity (Wildman–Crippen MR) is 146 cm³/mol. The highest BCUT2D eigenvalue weighted by Crippen LogP contribution is 2.34. The van der Waals surface area contributed by atoms with Crippen LogP contribution in [0.25, 0.3) is 33.2 Å². The van der Waals surface area contributed by atoms with Crippen molar-refractivity contribution in [3.05, 3.63) is 114 Å². The fourth-order valence-electron chi connectivity index (χ4n) is 4.37. The topological polar surface area (TPSA) is 68.7 Å². The molecule has 0 aliphatic carbocycles. The molecule has 0 saturated heterocycles. The van der Waals surface area contributed by atoms with E-state index in [-0.39, 0.29) is 6.61 Å². The fourth-order valence-corrected chi connectivity index (χ4v) is 4.37. The molecule has 202 valence electrons. The molecule has 5 rings (SSSR count). The first-order valence-corrected chi connectivity index (χ1v) is 12.4. The van der Waals surface area contributed by atoms with Crippen LogP contribution >= 0.6 is 0 Å². The van der Waals surface area contributed by atoms with E-state index in [1.54, 1.807) is 31.3 Å². The number of hydrogen-bond acceptors (Lipinski definition) is 4. The Kier molecular flexibility index (Phi) is 7.42. The van der Waals surface area contributed by atoms with Gasteiger partial charge in [-0.15, -0.1) is 0 Å². The van der Waals surface area contributed by atoms with Crippen LogP contribution in [-0.4, -0.2) is 22.7 Å². The summed E-state index contributed by atoms with van der Waals surface area (Å²) < 4.78 is 50.7. The van der Waals surface area contributed by atoms with E-state index < -0.39 is 24.3 Å². The minimum atomic E-state index is -4.41. The molecule has 0 amide bonds. The van der Waals surface area contributed by atoms with Gasteiger partial charge in [0, 0.05) is 17.1 Å². The number of hydrogen-bond donors (Lipinski definition) is 1.